The second-order valence-corrected chi connectivity index (χ2v) is 7.26. The zero-order valence-electron chi connectivity index (χ0n) is 14.3. The highest BCUT2D eigenvalue weighted by Crippen LogP contribution is 2.32. The van der Waals surface area contributed by atoms with E-state index in [0.29, 0.717) is 38.5 Å². The second kappa shape index (κ2) is 5.95. The van der Waals surface area contributed by atoms with E-state index in [9.17, 15) is 4.79 Å². The molecule has 0 aromatic carbocycles. The van der Waals surface area contributed by atoms with Crippen LogP contribution >= 0.6 is 0 Å². The van der Waals surface area contributed by atoms with Gasteiger partial charge in [-0.25, -0.2) is 9.78 Å². The van der Waals surface area contributed by atoms with Crippen LogP contribution in [0.5, 0.6) is 0 Å². The maximum Gasteiger partial charge on any atom is 0.411 e. The third kappa shape index (κ3) is 3.15. The average Bonchev–Trinajstić information content (AvgIpc) is 2.51. The Morgan fingerprint density at radius 3 is 2.71 bits per heavy atom. The van der Waals surface area contributed by atoms with Crippen molar-refractivity contribution in [1.29, 1.82) is 5.26 Å². The van der Waals surface area contributed by atoms with Crippen LogP contribution in [0.1, 0.15) is 26.5 Å². The fourth-order valence-electron chi connectivity index (χ4n) is 3.02. The van der Waals surface area contributed by atoms with Crippen molar-refractivity contribution in [3.63, 3.8) is 0 Å². The van der Waals surface area contributed by atoms with Crippen LogP contribution in [0, 0.1) is 11.3 Å². The molecule has 2 aliphatic heterocycles. The van der Waals surface area contributed by atoms with E-state index < -0.39 is 5.60 Å². The number of aromatic nitrogens is 1. The van der Waals surface area contributed by atoms with Crippen molar-refractivity contribution in [3.05, 3.63) is 23.9 Å². The number of carbonyl (C=O) groups excluding carboxylic acids is 1. The number of ether oxygens (including phenoxy) is 2. The van der Waals surface area contributed by atoms with Crippen molar-refractivity contribution in [2.75, 3.05) is 37.7 Å². The molecule has 24 heavy (non-hydrogen) atoms. The molecule has 3 heterocycles. The first-order chi connectivity index (χ1) is 11.3. The minimum absolute atomic E-state index is 0.302. The van der Waals surface area contributed by atoms with E-state index in [4.69, 9.17) is 14.7 Å². The van der Waals surface area contributed by atoms with Crippen molar-refractivity contribution < 1.29 is 14.3 Å². The van der Waals surface area contributed by atoms with Crippen LogP contribution in [0.15, 0.2) is 18.2 Å². The molecule has 7 heteroatoms. The lowest BCUT2D eigenvalue weighted by Gasteiger charge is -2.54. The summed E-state index contributed by atoms with van der Waals surface area (Å²) in [6.07, 6.45) is -0.302. The van der Waals surface area contributed by atoms with Gasteiger partial charge in [0.25, 0.3) is 0 Å². The lowest BCUT2D eigenvalue weighted by molar-refractivity contribution is -0.138. The van der Waals surface area contributed by atoms with Crippen molar-refractivity contribution in [1.82, 2.24) is 9.88 Å². The summed E-state index contributed by atoms with van der Waals surface area (Å²) in [6.45, 7) is 8.36. The Morgan fingerprint density at radius 1 is 1.38 bits per heavy atom. The number of amides is 1. The highest BCUT2D eigenvalue weighted by atomic mass is 16.6. The molecule has 0 aliphatic carbocycles. The Labute approximate surface area is 141 Å². The highest BCUT2D eigenvalue weighted by Gasteiger charge is 2.51. The number of hydrogen-bond donors (Lipinski definition) is 0. The molecule has 0 atom stereocenters. The largest absolute Gasteiger partial charge is 0.444 e. The van der Waals surface area contributed by atoms with Crippen LogP contribution in [0.2, 0.25) is 0 Å². The fourth-order valence-corrected chi connectivity index (χ4v) is 3.02. The maximum absolute atomic E-state index is 12.5. The van der Waals surface area contributed by atoms with Crippen LogP contribution in [0.4, 0.5) is 10.6 Å². The van der Waals surface area contributed by atoms with E-state index in [1.807, 2.05) is 32.9 Å². The Hall–Kier alpha value is -2.33. The summed E-state index contributed by atoms with van der Waals surface area (Å²) in [5.41, 5.74) is -0.519. The third-order valence-electron chi connectivity index (χ3n) is 4.18. The van der Waals surface area contributed by atoms with Gasteiger partial charge in [0.05, 0.1) is 13.2 Å². The molecule has 2 aliphatic rings. The van der Waals surface area contributed by atoms with E-state index >= 15 is 0 Å². The standard InChI is InChI=1S/C17H22N4O3/c1-16(2,3)24-15(22)21-8-7-20(10-17(21)11-23-12-17)14-6-4-5-13(9-18)19-14/h4-6H,7-8,10-12H2,1-3H3. The Balaban J connectivity index is 1.77. The molecule has 0 bridgehead atoms. The van der Waals surface area contributed by atoms with Crippen molar-refractivity contribution in [3.8, 4) is 6.07 Å². The molecule has 7 nitrogen and oxygen atoms in total. The number of nitrogens with zero attached hydrogens (tertiary/aromatic N) is 4. The number of rotatable bonds is 1. The van der Waals surface area contributed by atoms with Crippen LogP contribution < -0.4 is 4.90 Å². The van der Waals surface area contributed by atoms with Gasteiger partial charge in [-0.2, -0.15) is 5.26 Å². The molecular formula is C17H22N4O3. The predicted octanol–water partition coefficient (Wildman–Crippen LogP) is 1.78. The van der Waals surface area contributed by atoms with Crippen molar-refractivity contribution in [2.45, 2.75) is 31.9 Å². The van der Waals surface area contributed by atoms with Gasteiger partial charge in [-0.3, -0.25) is 4.90 Å². The summed E-state index contributed by atoms with van der Waals surface area (Å²) in [6, 6.07) is 7.45. The molecule has 0 N–H and O–H groups in total. The number of carbonyl (C=O) groups is 1. The quantitative estimate of drug-likeness (QED) is 0.781. The van der Waals surface area contributed by atoms with Gasteiger partial charge in [-0.05, 0) is 32.9 Å². The van der Waals surface area contributed by atoms with Gasteiger partial charge in [-0.1, -0.05) is 6.07 Å². The molecule has 1 aromatic heterocycles. The van der Waals surface area contributed by atoms with Crippen molar-refractivity contribution >= 4 is 11.9 Å². The van der Waals surface area contributed by atoms with Gasteiger partial charge in [0, 0.05) is 19.6 Å². The molecule has 3 rings (SSSR count). The molecule has 0 unspecified atom stereocenters. The van der Waals surface area contributed by atoms with E-state index in [1.165, 1.54) is 0 Å². The summed E-state index contributed by atoms with van der Waals surface area (Å²) in [5.74, 6) is 0.754. The first-order valence-corrected chi connectivity index (χ1v) is 8.03. The second-order valence-electron chi connectivity index (χ2n) is 7.26. The topological polar surface area (TPSA) is 78.7 Å². The minimum Gasteiger partial charge on any atom is -0.444 e. The van der Waals surface area contributed by atoms with Crippen LogP contribution in [0.3, 0.4) is 0 Å². The van der Waals surface area contributed by atoms with E-state index in [-0.39, 0.29) is 11.6 Å². The first kappa shape index (κ1) is 16.5. The van der Waals surface area contributed by atoms with Crippen molar-refractivity contribution in [2.24, 2.45) is 0 Å². The van der Waals surface area contributed by atoms with Crippen LogP contribution in [0.25, 0.3) is 0 Å². The number of pyridine rings is 1. The van der Waals surface area contributed by atoms with Gasteiger partial charge < -0.3 is 14.4 Å². The Morgan fingerprint density at radius 2 is 2.12 bits per heavy atom. The maximum atomic E-state index is 12.5. The number of piperazine rings is 1. The lowest BCUT2D eigenvalue weighted by atomic mass is 9.92. The highest BCUT2D eigenvalue weighted by molar-refractivity contribution is 5.70. The predicted molar refractivity (Wildman–Crippen MR) is 87.7 cm³/mol. The van der Waals surface area contributed by atoms with Gasteiger partial charge in [-0.15, -0.1) is 0 Å². The van der Waals surface area contributed by atoms with Crippen LogP contribution in [-0.4, -0.2) is 60.0 Å². The molecule has 1 aromatic rings. The third-order valence-corrected chi connectivity index (χ3v) is 4.18. The number of nitriles is 1. The van der Waals surface area contributed by atoms with Gasteiger partial charge in [0.1, 0.15) is 28.7 Å². The van der Waals surface area contributed by atoms with E-state index in [0.717, 1.165) is 5.82 Å². The van der Waals surface area contributed by atoms with Gasteiger partial charge >= 0.3 is 6.09 Å². The summed E-state index contributed by atoms with van der Waals surface area (Å²) in [5, 5.41) is 9.02. The monoisotopic (exact) mass is 330 g/mol. The Kier molecular flexibility index (Phi) is 4.10. The molecule has 1 amide bonds. The average molecular weight is 330 g/mol. The fraction of sp³-hybridized carbons (Fsp3) is 0.588. The van der Waals surface area contributed by atoms with E-state index in [1.54, 1.807) is 11.0 Å². The van der Waals surface area contributed by atoms with Gasteiger partial charge in [0.2, 0.25) is 0 Å². The summed E-state index contributed by atoms with van der Waals surface area (Å²) < 4.78 is 10.9. The minimum atomic E-state index is -0.525. The molecule has 0 saturated carbocycles. The zero-order chi connectivity index (χ0) is 17.4. The SMILES string of the molecule is CC(C)(C)OC(=O)N1CCN(c2cccc(C#N)n2)CC12COC2. The summed E-state index contributed by atoms with van der Waals surface area (Å²) in [7, 11) is 0. The van der Waals surface area contributed by atoms with Gasteiger partial charge in [0.15, 0.2) is 0 Å². The molecule has 1 spiro atoms. The molecule has 128 valence electrons. The first-order valence-electron chi connectivity index (χ1n) is 8.03. The normalized spacial score (nSPS) is 19.6. The number of anilines is 1. The molecule has 2 saturated heterocycles. The lowest BCUT2D eigenvalue weighted by Crippen LogP contribution is -2.73. The number of hydrogen-bond acceptors (Lipinski definition) is 6. The molecule has 2 fully saturated rings. The Bertz CT molecular complexity index is 673. The molecular weight excluding hydrogens is 308 g/mol. The zero-order valence-corrected chi connectivity index (χ0v) is 14.3. The van der Waals surface area contributed by atoms with Crippen LogP contribution in [-0.2, 0) is 9.47 Å². The molecule has 0 radical (unpaired) electrons. The summed E-state index contributed by atoms with van der Waals surface area (Å²) in [4.78, 5) is 20.8. The summed E-state index contributed by atoms with van der Waals surface area (Å²) >= 11 is 0. The van der Waals surface area contributed by atoms with E-state index in [2.05, 4.69) is 16.0 Å². The smallest absolute Gasteiger partial charge is 0.411 e.